The number of halogens is 3. The van der Waals surface area contributed by atoms with Gasteiger partial charge in [0.1, 0.15) is 23.3 Å². The number of carbonyl (C=O) groups excluding carboxylic acids is 2. The molecule has 0 bridgehead atoms. The molecule has 1 aromatic carbocycles. The highest BCUT2D eigenvalue weighted by molar-refractivity contribution is 5.94. The summed E-state index contributed by atoms with van der Waals surface area (Å²) in [6, 6.07) is 0.413. The summed E-state index contributed by atoms with van der Waals surface area (Å²) < 4.78 is 55.2. The minimum absolute atomic E-state index is 0.0662. The zero-order valence-corrected chi connectivity index (χ0v) is 23.6. The lowest BCUT2D eigenvalue weighted by Crippen LogP contribution is -2.39. The largest absolute Gasteiger partial charge is 0.444 e. The van der Waals surface area contributed by atoms with E-state index in [0.717, 1.165) is 0 Å². The molecule has 3 heterocycles. The fourth-order valence-corrected chi connectivity index (χ4v) is 4.41. The number of imidazole rings is 1. The number of amides is 2. The Hall–Kier alpha value is -3.90. The average Bonchev–Trinajstić information content (AvgIpc) is 3.33. The molecule has 1 N–H and O–H groups in total. The van der Waals surface area contributed by atoms with Crippen LogP contribution in [0.25, 0.3) is 11.4 Å². The number of rotatable bonds is 4. The van der Waals surface area contributed by atoms with Gasteiger partial charge in [0.05, 0.1) is 17.8 Å². The summed E-state index contributed by atoms with van der Waals surface area (Å²) >= 11 is 0. The molecule has 1 atom stereocenters. The third-order valence-electron chi connectivity index (χ3n) is 6.27. The van der Waals surface area contributed by atoms with Gasteiger partial charge in [0.2, 0.25) is 5.89 Å². The molecule has 13 heteroatoms. The Morgan fingerprint density at radius 2 is 1.70 bits per heavy atom. The van der Waals surface area contributed by atoms with E-state index in [4.69, 9.17) is 9.26 Å². The van der Waals surface area contributed by atoms with Crippen LogP contribution in [0.15, 0.2) is 16.7 Å². The summed E-state index contributed by atoms with van der Waals surface area (Å²) in [6.07, 6.45) is -0.184. The van der Waals surface area contributed by atoms with Crippen LogP contribution in [-0.2, 0) is 17.8 Å². The standard InChI is InChI=1S/C27H33F3N6O4/c1-14-31-24(40-34-14)21(26(2,3)4)33-23(37)20-19-13-35(25(38)39-27(5,6)7)9-8-10-36(19)22(32-20)15-11-17(29)18(30)12-16(15)28/h11-12,21H,8-10,13H2,1-7H3,(H,33,37)/t21-/m1/s1. The van der Waals surface area contributed by atoms with Crippen LogP contribution >= 0.6 is 0 Å². The molecular weight excluding hydrogens is 529 g/mol. The van der Waals surface area contributed by atoms with E-state index in [1.165, 1.54) is 4.90 Å². The highest BCUT2D eigenvalue weighted by atomic mass is 19.2. The summed E-state index contributed by atoms with van der Waals surface area (Å²) in [5.74, 6) is -3.79. The lowest BCUT2D eigenvalue weighted by Gasteiger charge is -2.28. The number of carbonyl (C=O) groups is 2. The predicted octanol–water partition coefficient (Wildman–Crippen LogP) is 5.32. The zero-order chi connectivity index (χ0) is 29.6. The van der Waals surface area contributed by atoms with E-state index in [0.29, 0.717) is 24.4 Å². The molecule has 0 fully saturated rings. The van der Waals surface area contributed by atoms with Crippen molar-refractivity contribution in [3.63, 3.8) is 0 Å². The van der Waals surface area contributed by atoms with Gasteiger partial charge in [-0.25, -0.2) is 22.9 Å². The monoisotopic (exact) mass is 562 g/mol. The van der Waals surface area contributed by atoms with Crippen LogP contribution in [0.4, 0.5) is 18.0 Å². The number of nitrogens with one attached hydrogen (secondary N) is 1. The Labute approximate surface area is 229 Å². The van der Waals surface area contributed by atoms with E-state index >= 15 is 0 Å². The molecule has 4 rings (SSSR count). The van der Waals surface area contributed by atoms with E-state index < -0.39 is 46.5 Å². The van der Waals surface area contributed by atoms with Gasteiger partial charge in [-0.05, 0) is 45.6 Å². The number of nitrogens with zero attached hydrogens (tertiary/aromatic N) is 5. The number of ether oxygens (including phenoxy) is 1. The van der Waals surface area contributed by atoms with Crippen molar-refractivity contribution in [3.8, 4) is 11.4 Å². The van der Waals surface area contributed by atoms with Crippen LogP contribution in [0.5, 0.6) is 0 Å². The lowest BCUT2D eigenvalue weighted by molar-refractivity contribution is 0.0235. The molecule has 2 aromatic heterocycles. The number of aromatic nitrogens is 4. The SMILES string of the molecule is Cc1noc([C@@H](NC(=O)c2nc(-c3cc(F)c(F)cc3F)n3c2CN(C(=O)OC(C)(C)C)CCC3)C(C)(C)C)n1. The van der Waals surface area contributed by atoms with Gasteiger partial charge in [0.15, 0.2) is 23.2 Å². The first-order chi connectivity index (χ1) is 18.5. The van der Waals surface area contributed by atoms with Gasteiger partial charge < -0.3 is 24.0 Å². The van der Waals surface area contributed by atoms with Crippen LogP contribution in [0.1, 0.15) is 81.9 Å². The Morgan fingerprint density at radius 3 is 2.30 bits per heavy atom. The summed E-state index contributed by atoms with van der Waals surface area (Å²) in [5.41, 5.74) is -1.46. The summed E-state index contributed by atoms with van der Waals surface area (Å²) in [4.78, 5) is 36.8. The lowest BCUT2D eigenvalue weighted by atomic mass is 9.86. The third kappa shape index (κ3) is 6.13. The number of aryl methyl sites for hydroxylation is 1. The van der Waals surface area contributed by atoms with Crippen molar-refractivity contribution in [3.05, 3.63) is 52.7 Å². The van der Waals surface area contributed by atoms with Gasteiger partial charge >= 0.3 is 6.09 Å². The van der Waals surface area contributed by atoms with E-state index in [9.17, 15) is 22.8 Å². The third-order valence-corrected chi connectivity index (χ3v) is 6.27. The predicted molar refractivity (Wildman–Crippen MR) is 137 cm³/mol. The summed E-state index contributed by atoms with van der Waals surface area (Å²) in [6.45, 7) is 12.9. The van der Waals surface area contributed by atoms with E-state index in [-0.39, 0.29) is 48.3 Å². The molecule has 1 aliphatic rings. The quantitative estimate of drug-likeness (QED) is 0.428. The molecule has 0 saturated carbocycles. The second-order valence-corrected chi connectivity index (χ2v) is 11.8. The molecule has 1 aliphatic heterocycles. The van der Waals surface area contributed by atoms with E-state index in [2.05, 4.69) is 20.4 Å². The number of hydrogen-bond donors (Lipinski definition) is 1. The molecule has 40 heavy (non-hydrogen) atoms. The molecule has 0 aliphatic carbocycles. The second kappa shape index (κ2) is 10.6. The van der Waals surface area contributed by atoms with Crippen LogP contribution in [0.3, 0.4) is 0 Å². The molecule has 0 unspecified atom stereocenters. The van der Waals surface area contributed by atoms with Crippen LogP contribution in [-0.4, -0.2) is 48.7 Å². The van der Waals surface area contributed by atoms with Gasteiger partial charge in [0, 0.05) is 19.2 Å². The fraction of sp³-hybridized carbons (Fsp3) is 0.519. The van der Waals surface area contributed by atoms with Gasteiger partial charge in [-0.15, -0.1) is 0 Å². The Bertz CT molecular complexity index is 1440. The van der Waals surface area contributed by atoms with Gasteiger partial charge in [0.25, 0.3) is 5.91 Å². The van der Waals surface area contributed by atoms with E-state index in [1.807, 2.05) is 20.8 Å². The van der Waals surface area contributed by atoms with Crippen molar-refractivity contribution in [2.24, 2.45) is 5.41 Å². The molecule has 10 nitrogen and oxygen atoms in total. The van der Waals surface area contributed by atoms with E-state index in [1.54, 1.807) is 32.3 Å². The van der Waals surface area contributed by atoms with Crippen molar-refractivity contribution < 1.29 is 32.0 Å². The van der Waals surface area contributed by atoms with Gasteiger partial charge in [-0.1, -0.05) is 25.9 Å². The summed E-state index contributed by atoms with van der Waals surface area (Å²) in [7, 11) is 0. The molecule has 0 radical (unpaired) electrons. The average molecular weight is 563 g/mol. The second-order valence-electron chi connectivity index (χ2n) is 11.8. The fourth-order valence-electron chi connectivity index (χ4n) is 4.41. The molecule has 2 amide bonds. The molecule has 3 aromatic rings. The van der Waals surface area contributed by atoms with Gasteiger partial charge in [-0.2, -0.15) is 4.98 Å². The van der Waals surface area contributed by atoms with Crippen LogP contribution in [0, 0.1) is 29.8 Å². The number of fused-ring (bicyclic) bond motifs is 1. The maximum atomic E-state index is 14.9. The Balaban J connectivity index is 1.81. The molecule has 0 spiro atoms. The van der Waals surface area contributed by atoms with Crippen LogP contribution in [0.2, 0.25) is 0 Å². The molecular formula is C27H33F3N6O4. The smallest absolute Gasteiger partial charge is 0.410 e. The Morgan fingerprint density at radius 1 is 1.02 bits per heavy atom. The molecule has 0 saturated heterocycles. The van der Waals surface area contributed by atoms with Crippen molar-refractivity contribution >= 4 is 12.0 Å². The van der Waals surface area contributed by atoms with Crippen molar-refractivity contribution in [1.82, 2.24) is 29.9 Å². The van der Waals surface area contributed by atoms with Crippen molar-refractivity contribution in [1.29, 1.82) is 0 Å². The highest BCUT2D eigenvalue weighted by Gasteiger charge is 2.36. The first-order valence-electron chi connectivity index (χ1n) is 12.9. The molecule has 216 valence electrons. The normalized spacial score (nSPS) is 14.9. The minimum atomic E-state index is -1.35. The first-order valence-corrected chi connectivity index (χ1v) is 12.9. The first kappa shape index (κ1) is 29.1. The summed E-state index contributed by atoms with van der Waals surface area (Å²) in [5, 5.41) is 6.70. The Kier molecular flexibility index (Phi) is 7.70. The van der Waals surface area contributed by atoms with Gasteiger partial charge in [-0.3, -0.25) is 4.79 Å². The highest BCUT2D eigenvalue weighted by Crippen LogP contribution is 2.34. The van der Waals surface area contributed by atoms with Crippen LogP contribution < -0.4 is 5.32 Å². The zero-order valence-electron chi connectivity index (χ0n) is 23.6. The number of hydrogen-bond acceptors (Lipinski definition) is 7. The van der Waals surface area contributed by atoms with Crippen molar-refractivity contribution in [2.75, 3.05) is 6.54 Å². The maximum Gasteiger partial charge on any atom is 0.410 e. The van der Waals surface area contributed by atoms with Crippen molar-refractivity contribution in [2.45, 2.75) is 79.6 Å². The topological polar surface area (TPSA) is 115 Å². The maximum absolute atomic E-state index is 14.9. The minimum Gasteiger partial charge on any atom is -0.444 e. The number of benzene rings is 1.